The first kappa shape index (κ1) is 9.01. The first-order chi connectivity index (χ1) is 4.91. The molecule has 66 valence electrons. The normalized spacial score (nSPS) is 34.6. The third kappa shape index (κ3) is 1.94. The van der Waals surface area contributed by atoms with Gasteiger partial charge in [-0.1, -0.05) is 0 Å². The molecule has 1 saturated heterocycles. The van der Waals surface area contributed by atoms with Crippen molar-refractivity contribution in [3.8, 4) is 0 Å². The van der Waals surface area contributed by atoms with E-state index in [1.165, 1.54) is 0 Å². The second-order valence-electron chi connectivity index (χ2n) is 4.67. The molecule has 0 bridgehead atoms. The molecule has 2 N–H and O–H groups in total. The fraction of sp³-hybridized carbons (Fsp3) is 1.00. The minimum Gasteiger partial charge on any atom is -0.326 e. The predicted octanol–water partition coefficient (Wildman–Crippen LogP) is 1.21. The molecule has 1 aliphatic rings. The number of rotatable bonds is 0. The Hall–Kier alpha value is -0.0800. The lowest BCUT2D eigenvalue weighted by Crippen LogP contribution is -2.44. The van der Waals surface area contributed by atoms with E-state index in [9.17, 15) is 0 Å². The van der Waals surface area contributed by atoms with Gasteiger partial charge in [0.25, 0.3) is 0 Å². The predicted molar refractivity (Wildman–Crippen MR) is 48.5 cm³/mol. The Morgan fingerprint density at radius 2 is 1.91 bits per heavy atom. The summed E-state index contributed by atoms with van der Waals surface area (Å²) in [6.07, 6.45) is 1.15. The van der Waals surface area contributed by atoms with Crippen molar-refractivity contribution in [1.29, 1.82) is 0 Å². The van der Waals surface area contributed by atoms with Crippen LogP contribution in [0.1, 0.15) is 34.1 Å². The van der Waals surface area contributed by atoms with E-state index < -0.39 is 0 Å². The fourth-order valence-electron chi connectivity index (χ4n) is 2.01. The van der Waals surface area contributed by atoms with Crippen LogP contribution in [0.4, 0.5) is 0 Å². The molecule has 1 aliphatic heterocycles. The molecule has 0 aromatic carbocycles. The standard InChI is InChI=1S/C9H20N2/c1-7-5-8(10)6-11(7)9(2,3)4/h7-8H,5-6,10H2,1-4H3/t7-,8+/m1/s1. The van der Waals surface area contributed by atoms with Crippen molar-refractivity contribution in [3.63, 3.8) is 0 Å². The highest BCUT2D eigenvalue weighted by atomic mass is 15.2. The van der Waals surface area contributed by atoms with Crippen LogP contribution >= 0.6 is 0 Å². The zero-order valence-electron chi connectivity index (χ0n) is 8.09. The Bertz CT molecular complexity index is 137. The molecule has 0 aromatic heterocycles. The molecule has 0 aromatic rings. The van der Waals surface area contributed by atoms with Crippen LogP contribution in [0.5, 0.6) is 0 Å². The lowest BCUT2D eigenvalue weighted by Gasteiger charge is -2.35. The van der Waals surface area contributed by atoms with Gasteiger partial charge >= 0.3 is 0 Å². The van der Waals surface area contributed by atoms with Gasteiger partial charge in [-0.2, -0.15) is 0 Å². The van der Waals surface area contributed by atoms with Gasteiger partial charge in [-0.05, 0) is 34.1 Å². The summed E-state index contributed by atoms with van der Waals surface area (Å²) in [6, 6.07) is 1.05. The van der Waals surface area contributed by atoms with E-state index in [1.54, 1.807) is 0 Å². The smallest absolute Gasteiger partial charge is 0.0182 e. The van der Waals surface area contributed by atoms with Gasteiger partial charge in [0.15, 0.2) is 0 Å². The van der Waals surface area contributed by atoms with E-state index in [0.29, 0.717) is 12.1 Å². The highest BCUT2D eigenvalue weighted by Crippen LogP contribution is 2.24. The molecule has 0 unspecified atom stereocenters. The molecular weight excluding hydrogens is 136 g/mol. The summed E-state index contributed by atoms with van der Waals surface area (Å²) >= 11 is 0. The van der Waals surface area contributed by atoms with Gasteiger partial charge in [-0.3, -0.25) is 4.90 Å². The maximum absolute atomic E-state index is 5.87. The molecule has 0 saturated carbocycles. The molecule has 1 rings (SSSR count). The van der Waals surface area contributed by atoms with Crippen LogP contribution in [-0.4, -0.2) is 29.1 Å². The molecule has 1 heterocycles. The summed E-state index contributed by atoms with van der Waals surface area (Å²) in [5.41, 5.74) is 6.16. The minimum atomic E-state index is 0.285. The van der Waals surface area contributed by atoms with Gasteiger partial charge in [-0.15, -0.1) is 0 Å². The topological polar surface area (TPSA) is 29.3 Å². The number of nitrogens with zero attached hydrogens (tertiary/aromatic N) is 1. The van der Waals surface area contributed by atoms with Crippen LogP contribution in [0.2, 0.25) is 0 Å². The molecule has 0 radical (unpaired) electrons. The van der Waals surface area contributed by atoms with E-state index in [4.69, 9.17) is 5.73 Å². The van der Waals surface area contributed by atoms with Crippen molar-refractivity contribution in [3.05, 3.63) is 0 Å². The summed E-state index contributed by atoms with van der Waals surface area (Å²) in [6.45, 7) is 10.1. The van der Waals surface area contributed by atoms with Gasteiger partial charge < -0.3 is 5.73 Å². The number of likely N-dealkylation sites (tertiary alicyclic amines) is 1. The van der Waals surface area contributed by atoms with Crippen molar-refractivity contribution in [1.82, 2.24) is 4.90 Å². The second kappa shape index (κ2) is 2.76. The molecule has 2 nitrogen and oxygen atoms in total. The highest BCUT2D eigenvalue weighted by Gasteiger charge is 2.33. The van der Waals surface area contributed by atoms with E-state index in [1.807, 2.05) is 0 Å². The zero-order chi connectivity index (χ0) is 8.65. The molecule has 0 amide bonds. The lowest BCUT2D eigenvalue weighted by molar-refractivity contribution is 0.129. The largest absolute Gasteiger partial charge is 0.326 e. The highest BCUT2D eigenvalue weighted by molar-refractivity contribution is 4.91. The van der Waals surface area contributed by atoms with Crippen molar-refractivity contribution in [2.45, 2.75) is 51.7 Å². The molecule has 2 atom stereocenters. The molecule has 2 heteroatoms. The van der Waals surface area contributed by atoms with Crippen LogP contribution in [0.25, 0.3) is 0 Å². The van der Waals surface area contributed by atoms with E-state index >= 15 is 0 Å². The molecule has 11 heavy (non-hydrogen) atoms. The number of nitrogens with two attached hydrogens (primary N) is 1. The third-order valence-electron chi connectivity index (χ3n) is 2.47. The van der Waals surface area contributed by atoms with Crippen molar-refractivity contribution in [2.24, 2.45) is 5.73 Å². The molecule has 1 fully saturated rings. The fourth-order valence-corrected chi connectivity index (χ4v) is 2.01. The van der Waals surface area contributed by atoms with Crippen LogP contribution in [0, 0.1) is 0 Å². The molecule has 0 aliphatic carbocycles. The van der Waals surface area contributed by atoms with E-state index in [-0.39, 0.29) is 5.54 Å². The summed E-state index contributed by atoms with van der Waals surface area (Å²) in [5.74, 6) is 0. The van der Waals surface area contributed by atoms with Crippen LogP contribution in [0.3, 0.4) is 0 Å². The van der Waals surface area contributed by atoms with Gasteiger partial charge in [0.05, 0.1) is 0 Å². The van der Waals surface area contributed by atoms with Gasteiger partial charge in [0, 0.05) is 24.2 Å². The lowest BCUT2D eigenvalue weighted by atomic mass is 10.1. The first-order valence-electron chi connectivity index (χ1n) is 4.43. The van der Waals surface area contributed by atoms with Crippen molar-refractivity contribution < 1.29 is 0 Å². The average Bonchev–Trinajstić information content (AvgIpc) is 2.08. The van der Waals surface area contributed by atoms with Gasteiger partial charge in [0.2, 0.25) is 0 Å². The van der Waals surface area contributed by atoms with Crippen molar-refractivity contribution >= 4 is 0 Å². The Balaban J connectivity index is 2.60. The maximum Gasteiger partial charge on any atom is 0.0182 e. The van der Waals surface area contributed by atoms with Gasteiger partial charge in [-0.25, -0.2) is 0 Å². The number of hydrogen-bond acceptors (Lipinski definition) is 2. The Morgan fingerprint density at radius 3 is 2.09 bits per heavy atom. The molecule has 0 spiro atoms. The minimum absolute atomic E-state index is 0.285. The Morgan fingerprint density at radius 1 is 1.36 bits per heavy atom. The third-order valence-corrected chi connectivity index (χ3v) is 2.47. The Labute approximate surface area is 69.8 Å². The molecular formula is C9H20N2. The summed E-state index contributed by atoms with van der Waals surface area (Å²) < 4.78 is 0. The van der Waals surface area contributed by atoms with Crippen LogP contribution in [-0.2, 0) is 0 Å². The summed E-state index contributed by atoms with van der Waals surface area (Å²) in [7, 11) is 0. The monoisotopic (exact) mass is 156 g/mol. The summed E-state index contributed by atoms with van der Waals surface area (Å²) in [5, 5.41) is 0. The van der Waals surface area contributed by atoms with E-state index in [2.05, 4.69) is 32.6 Å². The quantitative estimate of drug-likeness (QED) is 0.571. The van der Waals surface area contributed by atoms with Crippen LogP contribution in [0.15, 0.2) is 0 Å². The first-order valence-corrected chi connectivity index (χ1v) is 4.43. The summed E-state index contributed by atoms with van der Waals surface area (Å²) in [4.78, 5) is 2.48. The zero-order valence-corrected chi connectivity index (χ0v) is 8.09. The van der Waals surface area contributed by atoms with Gasteiger partial charge in [0.1, 0.15) is 0 Å². The second-order valence-corrected chi connectivity index (χ2v) is 4.67. The van der Waals surface area contributed by atoms with Crippen molar-refractivity contribution in [2.75, 3.05) is 6.54 Å². The Kier molecular flexibility index (Phi) is 2.26. The maximum atomic E-state index is 5.87. The average molecular weight is 156 g/mol. The SMILES string of the molecule is C[C@@H]1C[C@H](N)CN1C(C)(C)C. The van der Waals surface area contributed by atoms with Crippen LogP contribution < -0.4 is 5.73 Å². The number of hydrogen-bond donors (Lipinski definition) is 1. The van der Waals surface area contributed by atoms with E-state index in [0.717, 1.165) is 13.0 Å².